The Hall–Kier alpha value is -1.75. The minimum absolute atomic E-state index is 0.234. The minimum Gasteiger partial charge on any atom is -0.480 e. The van der Waals surface area contributed by atoms with Crippen molar-refractivity contribution in [3.8, 4) is 0 Å². The van der Waals surface area contributed by atoms with Gasteiger partial charge in [0, 0.05) is 11.8 Å². The molecule has 0 saturated heterocycles. The molecule has 1 aromatic heterocycles. The number of carbonyl (C=O) groups excluding carboxylic acids is 1. The summed E-state index contributed by atoms with van der Waals surface area (Å²) in [5.41, 5.74) is 5.90. The Labute approximate surface area is 74.2 Å². The van der Waals surface area contributed by atoms with Crippen LogP contribution < -0.4 is 5.73 Å². The first-order chi connectivity index (χ1) is 6.15. The summed E-state index contributed by atoms with van der Waals surface area (Å²) in [5, 5.41) is 8.53. The predicted molar refractivity (Wildman–Crippen MR) is 44.2 cm³/mol. The average molecular weight is 180 g/mol. The molecule has 68 valence electrons. The standard InChI is InChI=1S/C8H8N2O3/c9-7(8(12)13)6-2-1-5(4-11)3-10-6/h1-4,7H,9H2,(H,12,13)/t7-/m1/s1. The van der Waals surface area contributed by atoms with Crippen molar-refractivity contribution >= 4 is 12.3 Å². The largest absolute Gasteiger partial charge is 0.480 e. The average Bonchev–Trinajstić information content (AvgIpc) is 2.17. The summed E-state index contributed by atoms with van der Waals surface area (Å²) in [6, 6.07) is 1.75. The molecule has 0 unspecified atom stereocenters. The van der Waals surface area contributed by atoms with Gasteiger partial charge in [0.25, 0.3) is 0 Å². The van der Waals surface area contributed by atoms with E-state index in [9.17, 15) is 9.59 Å². The van der Waals surface area contributed by atoms with Gasteiger partial charge < -0.3 is 10.8 Å². The second-order valence-corrected chi connectivity index (χ2v) is 2.45. The van der Waals surface area contributed by atoms with Gasteiger partial charge in [-0.3, -0.25) is 14.6 Å². The van der Waals surface area contributed by atoms with Crippen LogP contribution in [-0.4, -0.2) is 22.3 Å². The number of nitrogens with two attached hydrogens (primary N) is 1. The van der Waals surface area contributed by atoms with Crippen molar-refractivity contribution in [2.45, 2.75) is 6.04 Å². The normalized spacial score (nSPS) is 12.1. The van der Waals surface area contributed by atoms with Crippen LogP contribution in [0.3, 0.4) is 0 Å². The van der Waals surface area contributed by atoms with E-state index in [4.69, 9.17) is 10.8 Å². The number of carboxylic acids is 1. The number of pyridine rings is 1. The van der Waals surface area contributed by atoms with E-state index in [0.29, 0.717) is 11.8 Å². The molecule has 0 bridgehead atoms. The monoisotopic (exact) mass is 180 g/mol. The van der Waals surface area contributed by atoms with Crippen molar-refractivity contribution in [3.05, 3.63) is 29.6 Å². The molecule has 0 aromatic carbocycles. The Morgan fingerprint density at radius 2 is 2.31 bits per heavy atom. The second kappa shape index (κ2) is 3.77. The van der Waals surface area contributed by atoms with Crippen molar-refractivity contribution in [1.29, 1.82) is 0 Å². The first-order valence-corrected chi connectivity index (χ1v) is 3.54. The van der Waals surface area contributed by atoms with Gasteiger partial charge in [-0.05, 0) is 12.1 Å². The SMILES string of the molecule is N[C@@H](C(=O)O)c1ccc(C=O)cn1. The van der Waals surface area contributed by atoms with Gasteiger partial charge in [-0.2, -0.15) is 0 Å². The molecule has 3 N–H and O–H groups in total. The molecule has 0 radical (unpaired) electrons. The highest BCUT2D eigenvalue weighted by Crippen LogP contribution is 2.06. The van der Waals surface area contributed by atoms with Gasteiger partial charge in [0.15, 0.2) is 6.29 Å². The van der Waals surface area contributed by atoms with Gasteiger partial charge in [-0.15, -0.1) is 0 Å². The van der Waals surface area contributed by atoms with E-state index in [1.165, 1.54) is 18.3 Å². The van der Waals surface area contributed by atoms with Crippen molar-refractivity contribution < 1.29 is 14.7 Å². The van der Waals surface area contributed by atoms with E-state index in [1.807, 2.05) is 0 Å². The molecule has 0 spiro atoms. The molecular formula is C8H8N2O3. The molecule has 1 aromatic rings. The van der Waals surface area contributed by atoms with E-state index in [2.05, 4.69) is 4.98 Å². The number of aldehydes is 1. The maximum absolute atomic E-state index is 10.4. The molecule has 5 nitrogen and oxygen atoms in total. The summed E-state index contributed by atoms with van der Waals surface area (Å²) in [4.78, 5) is 24.4. The summed E-state index contributed by atoms with van der Waals surface area (Å²) in [6.45, 7) is 0. The Kier molecular flexibility index (Phi) is 2.71. The summed E-state index contributed by atoms with van der Waals surface area (Å²) in [7, 11) is 0. The Morgan fingerprint density at radius 1 is 1.62 bits per heavy atom. The highest BCUT2D eigenvalue weighted by Gasteiger charge is 2.14. The van der Waals surface area contributed by atoms with Crippen LogP contribution in [0.25, 0.3) is 0 Å². The summed E-state index contributed by atoms with van der Waals surface area (Å²) in [5.74, 6) is -1.15. The van der Waals surface area contributed by atoms with E-state index in [-0.39, 0.29) is 5.69 Å². The first kappa shape index (κ1) is 9.34. The van der Waals surface area contributed by atoms with Crippen LogP contribution in [0.5, 0.6) is 0 Å². The number of hydrogen-bond donors (Lipinski definition) is 2. The quantitative estimate of drug-likeness (QED) is 0.637. The van der Waals surface area contributed by atoms with Gasteiger partial charge in [0.05, 0.1) is 5.69 Å². The summed E-state index contributed by atoms with van der Waals surface area (Å²) in [6.07, 6.45) is 1.91. The Morgan fingerprint density at radius 3 is 2.69 bits per heavy atom. The van der Waals surface area contributed by atoms with Crippen LogP contribution in [0.15, 0.2) is 18.3 Å². The molecule has 0 saturated carbocycles. The Balaban J connectivity index is 2.91. The van der Waals surface area contributed by atoms with Gasteiger partial charge >= 0.3 is 5.97 Å². The fraction of sp³-hybridized carbons (Fsp3) is 0.125. The third kappa shape index (κ3) is 2.09. The molecule has 0 aliphatic carbocycles. The Bertz CT molecular complexity index is 321. The van der Waals surface area contributed by atoms with Gasteiger partial charge in [0.1, 0.15) is 6.04 Å². The second-order valence-electron chi connectivity index (χ2n) is 2.45. The van der Waals surface area contributed by atoms with E-state index in [0.717, 1.165) is 0 Å². The third-order valence-corrected chi connectivity index (χ3v) is 1.53. The highest BCUT2D eigenvalue weighted by molar-refractivity contribution is 5.76. The zero-order valence-corrected chi connectivity index (χ0v) is 6.68. The van der Waals surface area contributed by atoms with E-state index in [1.54, 1.807) is 0 Å². The maximum atomic E-state index is 10.4. The molecule has 0 aliphatic heterocycles. The molecule has 1 rings (SSSR count). The molecule has 0 amide bonds. The van der Waals surface area contributed by atoms with E-state index < -0.39 is 12.0 Å². The lowest BCUT2D eigenvalue weighted by molar-refractivity contribution is -0.138. The summed E-state index contributed by atoms with van der Waals surface area (Å²) >= 11 is 0. The lowest BCUT2D eigenvalue weighted by Gasteiger charge is -2.04. The number of carbonyl (C=O) groups is 2. The maximum Gasteiger partial charge on any atom is 0.326 e. The topological polar surface area (TPSA) is 93.3 Å². The minimum atomic E-state index is -1.15. The molecule has 1 heterocycles. The van der Waals surface area contributed by atoms with Gasteiger partial charge in [-0.25, -0.2) is 0 Å². The van der Waals surface area contributed by atoms with Crippen LogP contribution in [0.2, 0.25) is 0 Å². The van der Waals surface area contributed by atoms with Gasteiger partial charge in [-0.1, -0.05) is 0 Å². The molecular weight excluding hydrogens is 172 g/mol. The van der Waals surface area contributed by atoms with E-state index >= 15 is 0 Å². The molecule has 0 fully saturated rings. The number of aromatic nitrogens is 1. The van der Waals surface area contributed by atoms with Crippen LogP contribution in [-0.2, 0) is 4.79 Å². The van der Waals surface area contributed by atoms with Crippen LogP contribution >= 0.6 is 0 Å². The third-order valence-electron chi connectivity index (χ3n) is 1.53. The van der Waals surface area contributed by atoms with Crippen molar-refractivity contribution in [1.82, 2.24) is 4.98 Å². The zero-order chi connectivity index (χ0) is 9.84. The number of aliphatic carboxylic acids is 1. The molecule has 5 heteroatoms. The van der Waals surface area contributed by atoms with Crippen molar-refractivity contribution in [3.63, 3.8) is 0 Å². The lowest BCUT2D eigenvalue weighted by Crippen LogP contribution is -2.21. The molecule has 13 heavy (non-hydrogen) atoms. The number of rotatable bonds is 3. The van der Waals surface area contributed by atoms with Crippen LogP contribution in [0, 0.1) is 0 Å². The predicted octanol–water partition coefficient (Wildman–Crippen LogP) is -0.0215. The number of nitrogens with zero attached hydrogens (tertiary/aromatic N) is 1. The molecule has 0 aliphatic rings. The fourth-order valence-electron chi connectivity index (χ4n) is 0.797. The van der Waals surface area contributed by atoms with Gasteiger partial charge in [0.2, 0.25) is 0 Å². The lowest BCUT2D eigenvalue weighted by atomic mass is 10.2. The smallest absolute Gasteiger partial charge is 0.326 e. The van der Waals surface area contributed by atoms with Crippen LogP contribution in [0.1, 0.15) is 22.1 Å². The number of hydrogen-bond acceptors (Lipinski definition) is 4. The fourth-order valence-corrected chi connectivity index (χ4v) is 0.797. The van der Waals surface area contributed by atoms with Crippen LogP contribution in [0.4, 0.5) is 0 Å². The number of carboxylic acid groups (broad SMARTS) is 1. The highest BCUT2D eigenvalue weighted by atomic mass is 16.4. The zero-order valence-electron chi connectivity index (χ0n) is 6.68. The summed E-state index contributed by atoms with van der Waals surface area (Å²) < 4.78 is 0. The first-order valence-electron chi connectivity index (χ1n) is 3.54. The van der Waals surface area contributed by atoms with Crippen molar-refractivity contribution in [2.75, 3.05) is 0 Å². The molecule has 1 atom stereocenters. The van der Waals surface area contributed by atoms with Crippen molar-refractivity contribution in [2.24, 2.45) is 5.73 Å².